The first kappa shape index (κ1) is 10.9. The van der Waals surface area contributed by atoms with E-state index in [1.165, 1.54) is 11.8 Å². The van der Waals surface area contributed by atoms with Gasteiger partial charge in [0.05, 0.1) is 6.54 Å². The van der Waals surface area contributed by atoms with Crippen molar-refractivity contribution in [1.29, 1.82) is 0 Å². The number of ether oxygens (including phenoxy) is 1. The summed E-state index contributed by atoms with van der Waals surface area (Å²) in [7, 11) is 0. The molecular formula is C10H14N2OS. The summed E-state index contributed by atoms with van der Waals surface area (Å²) >= 11 is 1.44. The molecule has 76 valence electrons. The van der Waals surface area contributed by atoms with Crippen molar-refractivity contribution in [2.75, 3.05) is 19.4 Å². The Balaban J connectivity index is 2.23. The topological polar surface area (TPSA) is 47.6 Å². The minimum Gasteiger partial charge on any atom is -0.492 e. The molecular weight excluding hydrogens is 196 g/mol. The fourth-order valence-corrected chi connectivity index (χ4v) is 1.12. The molecule has 0 bridgehead atoms. The number of hydrogen-bond acceptors (Lipinski definition) is 3. The lowest BCUT2D eigenvalue weighted by Crippen LogP contribution is -2.09. The van der Waals surface area contributed by atoms with Crippen molar-refractivity contribution in [3.63, 3.8) is 0 Å². The Hall–Kier alpha value is -1.16. The zero-order valence-electron chi connectivity index (χ0n) is 8.14. The molecule has 2 N–H and O–H groups in total. The molecule has 0 amide bonds. The van der Waals surface area contributed by atoms with Gasteiger partial charge in [0.2, 0.25) is 0 Å². The van der Waals surface area contributed by atoms with E-state index in [1.807, 2.05) is 36.6 Å². The van der Waals surface area contributed by atoms with Crippen LogP contribution >= 0.6 is 11.8 Å². The predicted molar refractivity (Wildman–Crippen MR) is 61.9 cm³/mol. The Labute approximate surface area is 88.4 Å². The van der Waals surface area contributed by atoms with E-state index in [1.54, 1.807) is 0 Å². The standard InChI is InChI=1S/C10H14N2OS/c1-14-10(11)12-7-8-13-9-5-3-2-4-6-9/h2-6H,7-8H2,1H3,(H2,11,12). The Bertz CT molecular complexity index is 287. The average molecular weight is 210 g/mol. The first-order chi connectivity index (χ1) is 6.83. The van der Waals surface area contributed by atoms with Gasteiger partial charge >= 0.3 is 0 Å². The molecule has 0 aliphatic carbocycles. The van der Waals surface area contributed by atoms with Crippen LogP contribution in [-0.2, 0) is 0 Å². The highest BCUT2D eigenvalue weighted by Crippen LogP contribution is 2.07. The molecule has 0 atom stereocenters. The highest BCUT2D eigenvalue weighted by Gasteiger charge is 1.90. The number of amidine groups is 1. The number of nitrogens with two attached hydrogens (primary N) is 1. The van der Waals surface area contributed by atoms with Crippen molar-refractivity contribution in [3.05, 3.63) is 30.3 Å². The van der Waals surface area contributed by atoms with Crippen LogP contribution in [0, 0.1) is 0 Å². The molecule has 0 spiro atoms. The third kappa shape index (κ3) is 4.18. The zero-order chi connectivity index (χ0) is 10.2. The maximum Gasteiger partial charge on any atom is 0.153 e. The van der Waals surface area contributed by atoms with Crippen molar-refractivity contribution >= 4 is 16.9 Å². The summed E-state index contributed by atoms with van der Waals surface area (Å²) in [6.07, 6.45) is 1.90. The lowest BCUT2D eigenvalue weighted by Gasteiger charge is -2.03. The molecule has 0 radical (unpaired) electrons. The van der Waals surface area contributed by atoms with Gasteiger partial charge in [-0.2, -0.15) is 0 Å². The molecule has 0 saturated heterocycles. The van der Waals surface area contributed by atoms with Crippen molar-refractivity contribution in [3.8, 4) is 5.75 Å². The molecule has 0 saturated carbocycles. The van der Waals surface area contributed by atoms with E-state index in [4.69, 9.17) is 10.5 Å². The van der Waals surface area contributed by atoms with Crippen LogP contribution in [0.4, 0.5) is 0 Å². The van der Waals surface area contributed by atoms with Gasteiger partial charge in [0, 0.05) is 0 Å². The highest BCUT2D eigenvalue weighted by atomic mass is 32.2. The smallest absolute Gasteiger partial charge is 0.153 e. The largest absolute Gasteiger partial charge is 0.492 e. The molecule has 0 fully saturated rings. The number of thioether (sulfide) groups is 1. The van der Waals surface area contributed by atoms with Crippen LogP contribution in [-0.4, -0.2) is 24.6 Å². The van der Waals surface area contributed by atoms with Crippen LogP contribution in [0.5, 0.6) is 5.75 Å². The number of para-hydroxylation sites is 1. The Morgan fingerprint density at radius 2 is 2.14 bits per heavy atom. The summed E-state index contributed by atoms with van der Waals surface area (Å²) in [5.74, 6) is 0.866. The molecule has 0 unspecified atom stereocenters. The highest BCUT2D eigenvalue weighted by molar-refractivity contribution is 8.13. The molecule has 4 heteroatoms. The van der Waals surface area contributed by atoms with Crippen LogP contribution in [0.2, 0.25) is 0 Å². The molecule has 0 aliphatic rings. The van der Waals surface area contributed by atoms with E-state index in [0.29, 0.717) is 18.3 Å². The lowest BCUT2D eigenvalue weighted by molar-refractivity contribution is 0.329. The van der Waals surface area contributed by atoms with Gasteiger partial charge in [0.1, 0.15) is 12.4 Å². The molecule has 1 aromatic rings. The molecule has 14 heavy (non-hydrogen) atoms. The van der Waals surface area contributed by atoms with Gasteiger partial charge in [-0.3, -0.25) is 4.99 Å². The summed E-state index contributed by atoms with van der Waals surface area (Å²) < 4.78 is 5.43. The Kier molecular flexibility index (Phi) is 4.93. The van der Waals surface area contributed by atoms with E-state index in [9.17, 15) is 0 Å². The SMILES string of the molecule is CSC(N)=NCCOc1ccccc1. The van der Waals surface area contributed by atoms with Gasteiger partial charge in [0.15, 0.2) is 5.17 Å². The van der Waals surface area contributed by atoms with Crippen LogP contribution in [0.3, 0.4) is 0 Å². The molecule has 0 aromatic heterocycles. The van der Waals surface area contributed by atoms with Crippen LogP contribution in [0.1, 0.15) is 0 Å². The fourth-order valence-electron chi connectivity index (χ4n) is 0.901. The Morgan fingerprint density at radius 1 is 1.43 bits per heavy atom. The van der Waals surface area contributed by atoms with E-state index >= 15 is 0 Å². The summed E-state index contributed by atoms with van der Waals surface area (Å²) in [5.41, 5.74) is 5.51. The quantitative estimate of drug-likeness (QED) is 0.468. The van der Waals surface area contributed by atoms with Crippen molar-refractivity contribution in [1.82, 2.24) is 0 Å². The van der Waals surface area contributed by atoms with Gasteiger partial charge in [-0.05, 0) is 18.4 Å². The van der Waals surface area contributed by atoms with Gasteiger partial charge < -0.3 is 10.5 Å². The maximum absolute atomic E-state index is 5.51. The van der Waals surface area contributed by atoms with Gasteiger partial charge in [-0.15, -0.1) is 0 Å². The summed E-state index contributed by atoms with van der Waals surface area (Å²) in [5, 5.41) is 0.599. The van der Waals surface area contributed by atoms with E-state index < -0.39 is 0 Å². The maximum atomic E-state index is 5.51. The van der Waals surface area contributed by atoms with Crippen molar-refractivity contribution in [2.24, 2.45) is 10.7 Å². The minimum atomic E-state index is 0.561. The number of aliphatic imine (C=N–C) groups is 1. The molecule has 0 aliphatic heterocycles. The second kappa shape index (κ2) is 6.32. The molecule has 0 heterocycles. The predicted octanol–water partition coefficient (Wildman–Crippen LogP) is 1.74. The van der Waals surface area contributed by atoms with Crippen molar-refractivity contribution in [2.45, 2.75) is 0 Å². The van der Waals surface area contributed by atoms with E-state index in [2.05, 4.69) is 4.99 Å². The third-order valence-electron chi connectivity index (χ3n) is 1.58. The number of hydrogen-bond donors (Lipinski definition) is 1. The van der Waals surface area contributed by atoms with Crippen LogP contribution in [0.25, 0.3) is 0 Å². The second-order valence-electron chi connectivity index (χ2n) is 2.59. The van der Waals surface area contributed by atoms with Gasteiger partial charge in [-0.1, -0.05) is 30.0 Å². The first-order valence-electron chi connectivity index (χ1n) is 4.34. The first-order valence-corrected chi connectivity index (χ1v) is 5.57. The van der Waals surface area contributed by atoms with Crippen LogP contribution in [0.15, 0.2) is 35.3 Å². The third-order valence-corrected chi connectivity index (χ3v) is 2.13. The number of nitrogens with zero attached hydrogens (tertiary/aromatic N) is 1. The monoisotopic (exact) mass is 210 g/mol. The van der Waals surface area contributed by atoms with Gasteiger partial charge in [-0.25, -0.2) is 0 Å². The second-order valence-corrected chi connectivity index (χ2v) is 3.41. The summed E-state index contributed by atoms with van der Waals surface area (Å²) in [6, 6.07) is 9.67. The Morgan fingerprint density at radius 3 is 2.79 bits per heavy atom. The summed E-state index contributed by atoms with van der Waals surface area (Å²) in [6.45, 7) is 1.16. The average Bonchev–Trinajstić information content (AvgIpc) is 2.25. The van der Waals surface area contributed by atoms with Crippen molar-refractivity contribution < 1.29 is 4.74 Å². The fraction of sp³-hybridized carbons (Fsp3) is 0.300. The molecule has 1 rings (SSSR count). The molecule has 1 aromatic carbocycles. The number of rotatable bonds is 4. The van der Waals surface area contributed by atoms with E-state index in [0.717, 1.165) is 5.75 Å². The van der Waals surface area contributed by atoms with Crippen LogP contribution < -0.4 is 10.5 Å². The van der Waals surface area contributed by atoms with Gasteiger partial charge in [0.25, 0.3) is 0 Å². The number of benzene rings is 1. The molecule has 3 nitrogen and oxygen atoms in total. The normalized spacial score (nSPS) is 11.4. The van der Waals surface area contributed by atoms with E-state index in [-0.39, 0.29) is 0 Å². The zero-order valence-corrected chi connectivity index (χ0v) is 8.96. The minimum absolute atomic E-state index is 0.561. The lowest BCUT2D eigenvalue weighted by atomic mass is 10.3. The summed E-state index contributed by atoms with van der Waals surface area (Å²) in [4.78, 5) is 4.09.